The number of halogens is 1. The zero-order valence-electron chi connectivity index (χ0n) is 12.7. The van der Waals surface area contributed by atoms with Gasteiger partial charge in [-0.25, -0.2) is 4.79 Å². The molecule has 0 bridgehead atoms. The molecule has 1 rings (SSSR count). The molecule has 1 N–H and O–H groups in total. The van der Waals surface area contributed by atoms with Crippen molar-refractivity contribution in [2.24, 2.45) is 0 Å². The van der Waals surface area contributed by atoms with Crippen LogP contribution < -0.4 is 5.32 Å². The number of hydrogen-bond acceptors (Lipinski definition) is 5. The normalized spacial score (nSPS) is 13.9. The van der Waals surface area contributed by atoms with Crippen molar-refractivity contribution < 1.29 is 19.2 Å². The van der Waals surface area contributed by atoms with Gasteiger partial charge in [0.1, 0.15) is 22.4 Å². The third-order valence-electron chi connectivity index (χ3n) is 2.74. The number of amides is 1. The van der Waals surface area contributed by atoms with Gasteiger partial charge in [-0.05, 0) is 45.4 Å². The number of carbonyl (C=O) groups is 2. The van der Waals surface area contributed by atoms with Crippen molar-refractivity contribution in [1.29, 1.82) is 0 Å². The SMILES string of the molecule is CC(C)(C)OC(=O)NC(C)(C=O)c1ccc([N+](=O)[O-])c(Cl)c1. The first-order valence-electron chi connectivity index (χ1n) is 6.40. The predicted octanol–water partition coefficient (Wildman–Crippen LogP) is 3.19. The first kappa shape index (κ1) is 17.9. The maximum Gasteiger partial charge on any atom is 0.408 e. The molecule has 0 aromatic heterocycles. The highest BCUT2D eigenvalue weighted by molar-refractivity contribution is 6.32. The lowest BCUT2D eigenvalue weighted by Crippen LogP contribution is -2.46. The van der Waals surface area contributed by atoms with Gasteiger partial charge in [-0.2, -0.15) is 0 Å². The van der Waals surface area contributed by atoms with Crippen molar-refractivity contribution in [3.8, 4) is 0 Å². The third-order valence-corrected chi connectivity index (χ3v) is 3.04. The number of carbonyl (C=O) groups excluding carboxylic acids is 2. The number of alkyl carbamates (subject to hydrolysis) is 1. The summed E-state index contributed by atoms with van der Waals surface area (Å²) in [5, 5.41) is 13.1. The van der Waals surface area contributed by atoms with Gasteiger partial charge in [-0.15, -0.1) is 0 Å². The van der Waals surface area contributed by atoms with E-state index in [1.807, 2.05) is 0 Å². The summed E-state index contributed by atoms with van der Waals surface area (Å²) in [7, 11) is 0. The Morgan fingerprint density at radius 2 is 1.95 bits per heavy atom. The maximum atomic E-state index is 11.8. The van der Waals surface area contributed by atoms with Crippen LogP contribution in [0.1, 0.15) is 33.3 Å². The molecule has 0 saturated carbocycles. The van der Waals surface area contributed by atoms with Gasteiger partial charge in [0.2, 0.25) is 0 Å². The smallest absolute Gasteiger partial charge is 0.408 e. The van der Waals surface area contributed by atoms with E-state index < -0.39 is 22.2 Å². The standard InChI is InChI=1S/C14H17ClN2O5/c1-13(2,3)22-12(19)16-14(4,8-18)9-5-6-11(17(20)21)10(15)7-9/h5-8H,1-4H3,(H,16,19). The molecule has 1 atom stereocenters. The Morgan fingerprint density at radius 1 is 1.36 bits per heavy atom. The zero-order chi connectivity index (χ0) is 17.1. The van der Waals surface area contributed by atoms with Gasteiger partial charge in [-0.3, -0.25) is 10.1 Å². The van der Waals surface area contributed by atoms with Crippen LogP contribution in [0.25, 0.3) is 0 Å². The Balaban J connectivity index is 3.08. The first-order chi connectivity index (χ1) is 9.98. The molecule has 1 aromatic carbocycles. The number of rotatable bonds is 4. The molecule has 0 aliphatic carbocycles. The minimum Gasteiger partial charge on any atom is -0.444 e. The molecule has 7 nitrogen and oxygen atoms in total. The molecule has 1 aromatic rings. The quantitative estimate of drug-likeness (QED) is 0.520. The lowest BCUT2D eigenvalue weighted by atomic mass is 9.93. The molecule has 0 aliphatic rings. The van der Waals surface area contributed by atoms with Crippen LogP contribution in [0.2, 0.25) is 5.02 Å². The van der Waals surface area contributed by atoms with Gasteiger partial charge >= 0.3 is 6.09 Å². The lowest BCUT2D eigenvalue weighted by molar-refractivity contribution is -0.384. The molecule has 0 spiro atoms. The number of aldehydes is 1. The molecule has 1 amide bonds. The van der Waals surface area contributed by atoms with Crippen LogP contribution in [0.4, 0.5) is 10.5 Å². The summed E-state index contributed by atoms with van der Waals surface area (Å²) in [5.74, 6) is 0. The van der Waals surface area contributed by atoms with E-state index in [9.17, 15) is 19.7 Å². The Hall–Kier alpha value is -2.15. The maximum absolute atomic E-state index is 11.8. The Kier molecular flexibility index (Phi) is 5.13. The first-order valence-corrected chi connectivity index (χ1v) is 6.78. The fourth-order valence-corrected chi connectivity index (χ4v) is 1.91. The molecule has 22 heavy (non-hydrogen) atoms. The van der Waals surface area contributed by atoms with Crippen LogP contribution in [0, 0.1) is 10.1 Å². The summed E-state index contributed by atoms with van der Waals surface area (Å²) in [5.41, 5.74) is -2.11. The monoisotopic (exact) mass is 328 g/mol. The van der Waals surface area contributed by atoms with Gasteiger partial charge in [0.05, 0.1) is 4.92 Å². The summed E-state index contributed by atoms with van der Waals surface area (Å²) in [6.07, 6.45) is -0.273. The number of nitrogens with zero attached hydrogens (tertiary/aromatic N) is 1. The number of nitro groups is 1. The second-order valence-corrected chi connectivity index (χ2v) is 6.28. The zero-order valence-corrected chi connectivity index (χ0v) is 13.4. The van der Waals surface area contributed by atoms with Crippen LogP contribution in [0.3, 0.4) is 0 Å². The van der Waals surface area contributed by atoms with E-state index >= 15 is 0 Å². The minimum absolute atomic E-state index is 0.124. The number of ether oxygens (including phenoxy) is 1. The number of nitro benzene ring substituents is 1. The van der Waals surface area contributed by atoms with Gasteiger partial charge in [0, 0.05) is 6.07 Å². The molecule has 0 fully saturated rings. The molecule has 0 saturated heterocycles. The lowest BCUT2D eigenvalue weighted by Gasteiger charge is -2.28. The summed E-state index contributed by atoms with van der Waals surface area (Å²) >= 11 is 5.83. The fraction of sp³-hybridized carbons (Fsp3) is 0.429. The van der Waals surface area contributed by atoms with E-state index in [-0.39, 0.29) is 10.7 Å². The van der Waals surface area contributed by atoms with Crippen LogP contribution in [0.15, 0.2) is 18.2 Å². The van der Waals surface area contributed by atoms with Gasteiger partial charge in [0.25, 0.3) is 5.69 Å². The highest BCUT2D eigenvalue weighted by atomic mass is 35.5. The highest BCUT2D eigenvalue weighted by Gasteiger charge is 2.31. The topological polar surface area (TPSA) is 98.5 Å². The third kappa shape index (κ3) is 4.42. The van der Waals surface area contributed by atoms with Crippen molar-refractivity contribution in [3.05, 3.63) is 38.9 Å². The van der Waals surface area contributed by atoms with Crippen LogP contribution in [-0.2, 0) is 15.1 Å². The van der Waals surface area contributed by atoms with Crippen LogP contribution >= 0.6 is 11.6 Å². The van der Waals surface area contributed by atoms with Crippen molar-refractivity contribution in [2.45, 2.75) is 38.8 Å². The van der Waals surface area contributed by atoms with E-state index in [2.05, 4.69) is 5.32 Å². The van der Waals surface area contributed by atoms with Gasteiger partial charge in [0.15, 0.2) is 0 Å². The average molecular weight is 329 g/mol. The Bertz CT molecular complexity index is 612. The summed E-state index contributed by atoms with van der Waals surface area (Å²) in [6.45, 7) is 6.51. The van der Waals surface area contributed by atoms with Crippen LogP contribution in [0.5, 0.6) is 0 Å². The molecule has 8 heteroatoms. The Labute approximate surface area is 132 Å². The highest BCUT2D eigenvalue weighted by Crippen LogP contribution is 2.29. The molecule has 1 unspecified atom stereocenters. The second kappa shape index (κ2) is 6.31. The van der Waals surface area contributed by atoms with Crippen LogP contribution in [-0.4, -0.2) is 22.9 Å². The number of nitrogens with one attached hydrogen (secondary N) is 1. The fourth-order valence-electron chi connectivity index (χ4n) is 1.66. The molecular formula is C14H17ClN2O5. The summed E-state index contributed by atoms with van der Waals surface area (Å²) in [6, 6.07) is 3.80. The second-order valence-electron chi connectivity index (χ2n) is 5.87. The minimum atomic E-state index is -1.42. The van der Waals surface area contributed by atoms with E-state index in [0.717, 1.165) is 0 Å². The van der Waals surface area contributed by atoms with E-state index in [4.69, 9.17) is 16.3 Å². The summed E-state index contributed by atoms with van der Waals surface area (Å²) < 4.78 is 5.10. The van der Waals surface area contributed by atoms with Crippen molar-refractivity contribution >= 4 is 29.7 Å². The largest absolute Gasteiger partial charge is 0.444 e. The van der Waals surface area contributed by atoms with Crippen molar-refractivity contribution in [1.82, 2.24) is 5.32 Å². The molecule has 0 heterocycles. The Morgan fingerprint density at radius 3 is 2.36 bits per heavy atom. The molecular weight excluding hydrogens is 312 g/mol. The van der Waals surface area contributed by atoms with Crippen molar-refractivity contribution in [3.63, 3.8) is 0 Å². The average Bonchev–Trinajstić information content (AvgIpc) is 2.35. The molecule has 0 aliphatic heterocycles. The van der Waals surface area contributed by atoms with E-state index in [1.165, 1.54) is 25.1 Å². The number of hydrogen-bond donors (Lipinski definition) is 1. The van der Waals surface area contributed by atoms with E-state index in [1.54, 1.807) is 20.8 Å². The number of benzene rings is 1. The van der Waals surface area contributed by atoms with Gasteiger partial charge in [-0.1, -0.05) is 11.6 Å². The predicted molar refractivity (Wildman–Crippen MR) is 80.9 cm³/mol. The van der Waals surface area contributed by atoms with E-state index in [0.29, 0.717) is 11.8 Å². The van der Waals surface area contributed by atoms with Crippen molar-refractivity contribution in [2.75, 3.05) is 0 Å². The summed E-state index contributed by atoms with van der Waals surface area (Å²) in [4.78, 5) is 33.4. The van der Waals surface area contributed by atoms with Gasteiger partial charge < -0.3 is 14.8 Å². The molecule has 0 radical (unpaired) electrons. The molecule has 120 valence electrons.